The molecule has 2 heterocycles. The van der Waals surface area contributed by atoms with Crippen molar-refractivity contribution in [3.8, 4) is 0 Å². The van der Waals surface area contributed by atoms with E-state index in [0.29, 0.717) is 13.2 Å². The van der Waals surface area contributed by atoms with Crippen LogP contribution in [0.5, 0.6) is 0 Å². The van der Waals surface area contributed by atoms with Crippen LogP contribution in [0.15, 0.2) is 12.4 Å². The van der Waals surface area contributed by atoms with Gasteiger partial charge in [-0.25, -0.2) is 4.98 Å². The van der Waals surface area contributed by atoms with E-state index in [2.05, 4.69) is 14.5 Å². The Hall–Kier alpha value is -1.40. The average Bonchev–Trinajstić information content (AvgIpc) is 2.73. The summed E-state index contributed by atoms with van der Waals surface area (Å²) in [4.78, 5) is 17.2. The number of aryl methyl sites for hydroxylation is 1. The number of aliphatic carboxylic acids is 1. The maximum atomic E-state index is 10.8. The van der Waals surface area contributed by atoms with Crippen LogP contribution in [0, 0.1) is 6.92 Å². The van der Waals surface area contributed by atoms with Gasteiger partial charge in [-0.2, -0.15) is 0 Å². The van der Waals surface area contributed by atoms with Gasteiger partial charge in [-0.05, 0) is 6.92 Å². The highest BCUT2D eigenvalue weighted by molar-refractivity contribution is 5.67. The molecule has 1 unspecified atom stereocenters. The zero-order chi connectivity index (χ0) is 13.0. The van der Waals surface area contributed by atoms with E-state index in [1.165, 1.54) is 0 Å². The van der Waals surface area contributed by atoms with E-state index < -0.39 is 5.97 Å². The van der Waals surface area contributed by atoms with Gasteiger partial charge < -0.3 is 14.4 Å². The van der Waals surface area contributed by atoms with Crippen molar-refractivity contribution in [2.75, 3.05) is 26.3 Å². The third-order valence-electron chi connectivity index (χ3n) is 3.31. The van der Waals surface area contributed by atoms with Gasteiger partial charge >= 0.3 is 5.97 Å². The predicted molar refractivity (Wildman–Crippen MR) is 65.4 cm³/mol. The first kappa shape index (κ1) is 13.0. The minimum absolute atomic E-state index is 0.0138. The number of rotatable bonds is 5. The zero-order valence-corrected chi connectivity index (χ0v) is 10.6. The lowest BCUT2D eigenvalue weighted by Gasteiger charge is -2.34. The Bertz CT molecular complexity index is 405. The molecule has 1 N–H and O–H groups in total. The van der Waals surface area contributed by atoms with Crippen LogP contribution in [-0.2, 0) is 16.1 Å². The van der Waals surface area contributed by atoms with Crippen LogP contribution in [0.1, 0.15) is 12.2 Å². The van der Waals surface area contributed by atoms with Crippen molar-refractivity contribution in [1.82, 2.24) is 14.5 Å². The molecular formula is C12H19N3O3. The highest BCUT2D eigenvalue weighted by Gasteiger charge is 2.24. The first-order chi connectivity index (χ1) is 8.66. The molecule has 1 saturated heterocycles. The highest BCUT2D eigenvalue weighted by atomic mass is 16.5. The molecule has 100 valence electrons. The van der Waals surface area contributed by atoms with Crippen molar-refractivity contribution in [2.24, 2.45) is 0 Å². The molecule has 1 aliphatic heterocycles. The van der Waals surface area contributed by atoms with Crippen molar-refractivity contribution in [1.29, 1.82) is 0 Å². The van der Waals surface area contributed by atoms with E-state index in [-0.39, 0.29) is 12.5 Å². The van der Waals surface area contributed by atoms with Crippen LogP contribution in [0.25, 0.3) is 0 Å². The number of aromatic nitrogens is 2. The van der Waals surface area contributed by atoms with Gasteiger partial charge in [0.1, 0.15) is 5.82 Å². The number of morpholine rings is 1. The van der Waals surface area contributed by atoms with Crippen LogP contribution in [0.2, 0.25) is 0 Å². The summed E-state index contributed by atoms with van der Waals surface area (Å²) >= 11 is 0. The van der Waals surface area contributed by atoms with Gasteiger partial charge in [0.15, 0.2) is 0 Å². The molecule has 2 rings (SSSR count). The predicted octanol–water partition coefficient (Wildman–Crippen LogP) is 0.367. The molecule has 0 spiro atoms. The molecule has 0 radical (unpaired) electrons. The molecule has 1 aromatic heterocycles. The summed E-state index contributed by atoms with van der Waals surface area (Å²) in [5, 5.41) is 8.88. The van der Waals surface area contributed by atoms with Gasteiger partial charge in [0.05, 0.1) is 19.6 Å². The number of hydrogen-bond acceptors (Lipinski definition) is 4. The summed E-state index contributed by atoms with van der Waals surface area (Å²) in [6.07, 6.45) is 3.87. The highest BCUT2D eigenvalue weighted by Crippen LogP contribution is 2.11. The van der Waals surface area contributed by atoms with Crippen LogP contribution < -0.4 is 0 Å². The minimum Gasteiger partial charge on any atom is -0.481 e. The van der Waals surface area contributed by atoms with Crippen LogP contribution in [0.3, 0.4) is 0 Å². The Balaban J connectivity index is 1.89. The maximum Gasteiger partial charge on any atom is 0.305 e. The minimum atomic E-state index is -0.769. The fourth-order valence-electron chi connectivity index (χ4n) is 2.25. The monoisotopic (exact) mass is 253 g/mol. The van der Waals surface area contributed by atoms with E-state index >= 15 is 0 Å². The van der Waals surface area contributed by atoms with Gasteiger partial charge in [0.2, 0.25) is 0 Å². The molecule has 0 saturated carbocycles. The number of imidazole rings is 1. The molecular weight excluding hydrogens is 234 g/mol. The lowest BCUT2D eigenvalue weighted by atomic mass is 10.1. The molecule has 1 aromatic rings. The van der Waals surface area contributed by atoms with Gasteiger partial charge in [-0.15, -0.1) is 0 Å². The van der Waals surface area contributed by atoms with E-state index in [1.807, 2.05) is 13.1 Å². The Morgan fingerprint density at radius 1 is 1.61 bits per heavy atom. The van der Waals surface area contributed by atoms with E-state index in [9.17, 15) is 4.79 Å². The van der Waals surface area contributed by atoms with Crippen LogP contribution in [0.4, 0.5) is 0 Å². The first-order valence-electron chi connectivity index (χ1n) is 6.18. The molecule has 6 heteroatoms. The third-order valence-corrected chi connectivity index (χ3v) is 3.31. The van der Waals surface area contributed by atoms with Gasteiger partial charge in [-0.1, -0.05) is 0 Å². The molecule has 0 amide bonds. The molecule has 1 atom stereocenters. The maximum absolute atomic E-state index is 10.8. The Morgan fingerprint density at radius 2 is 2.44 bits per heavy atom. The average molecular weight is 253 g/mol. The van der Waals surface area contributed by atoms with Gasteiger partial charge in [0, 0.05) is 38.1 Å². The number of carboxylic acid groups (broad SMARTS) is 1. The van der Waals surface area contributed by atoms with Crippen molar-refractivity contribution >= 4 is 5.97 Å². The van der Waals surface area contributed by atoms with Crippen LogP contribution in [-0.4, -0.2) is 57.9 Å². The van der Waals surface area contributed by atoms with Crippen molar-refractivity contribution < 1.29 is 14.6 Å². The van der Waals surface area contributed by atoms with Crippen molar-refractivity contribution in [3.63, 3.8) is 0 Å². The van der Waals surface area contributed by atoms with E-state index in [4.69, 9.17) is 9.84 Å². The van der Waals surface area contributed by atoms with Crippen molar-refractivity contribution in [2.45, 2.75) is 25.9 Å². The second-order valence-electron chi connectivity index (χ2n) is 4.53. The molecule has 18 heavy (non-hydrogen) atoms. The quantitative estimate of drug-likeness (QED) is 0.821. The summed E-state index contributed by atoms with van der Waals surface area (Å²) in [6, 6.07) is -0.0138. The summed E-state index contributed by atoms with van der Waals surface area (Å²) in [6.45, 7) is 5.62. The largest absolute Gasteiger partial charge is 0.481 e. The fourth-order valence-corrected chi connectivity index (χ4v) is 2.25. The second-order valence-corrected chi connectivity index (χ2v) is 4.53. The Labute approximate surface area is 106 Å². The Kier molecular flexibility index (Phi) is 4.33. The molecule has 1 aliphatic rings. The number of hydrogen-bond donors (Lipinski definition) is 1. The SMILES string of the molecule is Cc1nccn1CCN1CCOCC1CC(=O)O. The van der Waals surface area contributed by atoms with Crippen molar-refractivity contribution in [3.05, 3.63) is 18.2 Å². The first-order valence-corrected chi connectivity index (χ1v) is 6.18. The zero-order valence-electron chi connectivity index (χ0n) is 10.6. The number of ether oxygens (including phenoxy) is 1. The van der Waals surface area contributed by atoms with E-state index in [1.54, 1.807) is 6.20 Å². The van der Waals surface area contributed by atoms with Gasteiger partial charge in [0.25, 0.3) is 0 Å². The summed E-state index contributed by atoms with van der Waals surface area (Å²) in [5.41, 5.74) is 0. The fraction of sp³-hybridized carbons (Fsp3) is 0.667. The number of carboxylic acids is 1. The smallest absolute Gasteiger partial charge is 0.305 e. The molecule has 1 fully saturated rings. The lowest BCUT2D eigenvalue weighted by molar-refractivity contribution is -0.140. The Morgan fingerprint density at radius 3 is 3.11 bits per heavy atom. The third kappa shape index (κ3) is 3.30. The number of carbonyl (C=O) groups is 1. The summed E-state index contributed by atoms with van der Waals surface area (Å²) in [7, 11) is 0. The molecule has 0 aromatic carbocycles. The topological polar surface area (TPSA) is 67.6 Å². The molecule has 0 aliphatic carbocycles. The summed E-state index contributed by atoms with van der Waals surface area (Å²) in [5.74, 6) is 0.215. The lowest BCUT2D eigenvalue weighted by Crippen LogP contribution is -2.47. The molecule has 0 bridgehead atoms. The molecule has 6 nitrogen and oxygen atoms in total. The number of nitrogens with zero attached hydrogens (tertiary/aromatic N) is 3. The standard InChI is InChI=1S/C12H19N3O3/c1-10-13-2-3-14(10)4-5-15-6-7-18-9-11(15)8-12(16)17/h2-3,11H,4-9H2,1H3,(H,16,17). The normalized spacial score (nSPS) is 21.1. The van der Waals surface area contributed by atoms with Gasteiger partial charge in [-0.3, -0.25) is 9.69 Å². The second kappa shape index (κ2) is 5.97. The summed E-state index contributed by atoms with van der Waals surface area (Å²) < 4.78 is 7.43. The van der Waals surface area contributed by atoms with Crippen LogP contribution >= 0.6 is 0 Å². The van der Waals surface area contributed by atoms with E-state index in [0.717, 1.165) is 25.5 Å².